The fourth-order valence-electron chi connectivity index (χ4n) is 4.95. The molecule has 0 spiro atoms. The molecule has 190 valence electrons. The van der Waals surface area contributed by atoms with Gasteiger partial charge in [0.1, 0.15) is 11.9 Å². The highest BCUT2D eigenvalue weighted by atomic mass is 35.5. The average Bonchev–Trinajstić information content (AvgIpc) is 3.36. The van der Waals surface area contributed by atoms with Crippen LogP contribution in [-0.4, -0.2) is 82.4 Å². The number of aromatic nitrogens is 3. The molecule has 9 nitrogen and oxygen atoms in total. The number of nitrogens with one attached hydrogen (secondary N) is 1. The number of anilines is 2. The van der Waals surface area contributed by atoms with E-state index in [1.54, 1.807) is 11.1 Å². The van der Waals surface area contributed by atoms with Gasteiger partial charge in [0.05, 0.1) is 11.6 Å². The first-order valence-corrected chi connectivity index (χ1v) is 12.8. The number of piperidine rings is 1. The summed E-state index contributed by atoms with van der Waals surface area (Å²) in [5.74, 6) is 0.740. The van der Waals surface area contributed by atoms with E-state index >= 15 is 0 Å². The standard InChI is InChI=1S/C24H33ClFN7O2/c1-15(2)31-10-12-32(13-11-31)18-4-7-27-20(25)19(18)28-23(34)33-8-5-24(3,6-9-33)22-29-21(35-30-22)16-14-17(16)26/h4,7,15-17H,5-6,8-14H2,1-3H3,(H,28,34)/t16-,17+/m1/s1. The summed E-state index contributed by atoms with van der Waals surface area (Å²) >= 11 is 6.44. The molecule has 0 bridgehead atoms. The van der Waals surface area contributed by atoms with Crippen LogP contribution in [0.1, 0.15) is 57.7 Å². The number of urea groups is 1. The van der Waals surface area contributed by atoms with Crippen molar-refractivity contribution in [2.24, 2.45) is 0 Å². The number of piperazine rings is 1. The van der Waals surface area contributed by atoms with Crippen molar-refractivity contribution in [3.8, 4) is 0 Å². The Morgan fingerprint density at radius 1 is 1.23 bits per heavy atom. The van der Waals surface area contributed by atoms with E-state index in [4.69, 9.17) is 16.1 Å². The number of likely N-dealkylation sites (tertiary alicyclic amines) is 1. The quantitative estimate of drug-likeness (QED) is 0.613. The van der Waals surface area contributed by atoms with Crippen molar-refractivity contribution in [2.75, 3.05) is 49.5 Å². The zero-order valence-corrected chi connectivity index (χ0v) is 21.3. The van der Waals surface area contributed by atoms with Crippen LogP contribution in [0.2, 0.25) is 5.15 Å². The topological polar surface area (TPSA) is 90.6 Å². The minimum Gasteiger partial charge on any atom is -0.367 e. The van der Waals surface area contributed by atoms with E-state index in [-0.39, 0.29) is 22.5 Å². The number of pyridine rings is 1. The Hall–Kier alpha value is -2.46. The zero-order chi connectivity index (χ0) is 24.7. The number of carbonyl (C=O) groups excluding carboxylic acids is 1. The summed E-state index contributed by atoms with van der Waals surface area (Å²) in [5.41, 5.74) is 1.14. The van der Waals surface area contributed by atoms with E-state index in [9.17, 15) is 9.18 Å². The molecular weight excluding hydrogens is 473 g/mol. The smallest absolute Gasteiger partial charge is 0.321 e. The Bertz CT molecular complexity index is 1060. The van der Waals surface area contributed by atoms with Gasteiger partial charge in [-0.25, -0.2) is 14.2 Å². The molecule has 2 atom stereocenters. The largest absolute Gasteiger partial charge is 0.367 e. The van der Waals surface area contributed by atoms with Gasteiger partial charge in [0.25, 0.3) is 0 Å². The molecule has 11 heteroatoms. The van der Waals surface area contributed by atoms with Crippen molar-refractivity contribution in [1.82, 2.24) is 24.9 Å². The predicted molar refractivity (Wildman–Crippen MR) is 132 cm³/mol. The van der Waals surface area contributed by atoms with Crippen LogP contribution >= 0.6 is 11.6 Å². The van der Waals surface area contributed by atoms with E-state index < -0.39 is 6.17 Å². The lowest BCUT2D eigenvalue weighted by atomic mass is 9.80. The van der Waals surface area contributed by atoms with Gasteiger partial charge in [-0.1, -0.05) is 23.7 Å². The van der Waals surface area contributed by atoms with Crippen LogP contribution in [0, 0.1) is 0 Å². The van der Waals surface area contributed by atoms with Crippen molar-refractivity contribution in [2.45, 2.75) is 63.6 Å². The number of carbonyl (C=O) groups is 1. The summed E-state index contributed by atoms with van der Waals surface area (Å²) in [7, 11) is 0. The Labute approximate surface area is 210 Å². The van der Waals surface area contributed by atoms with Gasteiger partial charge in [-0.2, -0.15) is 4.98 Å². The van der Waals surface area contributed by atoms with Crippen LogP contribution in [0.25, 0.3) is 0 Å². The van der Waals surface area contributed by atoms with Crippen LogP contribution in [0.3, 0.4) is 0 Å². The lowest BCUT2D eigenvalue weighted by Crippen LogP contribution is -2.49. The van der Waals surface area contributed by atoms with Gasteiger partial charge in [0.15, 0.2) is 11.0 Å². The maximum absolute atomic E-state index is 13.4. The van der Waals surface area contributed by atoms with Crippen molar-refractivity contribution in [3.63, 3.8) is 0 Å². The molecule has 0 unspecified atom stereocenters. The number of halogens is 2. The Kier molecular flexibility index (Phi) is 6.61. The Morgan fingerprint density at radius 2 is 1.91 bits per heavy atom. The van der Waals surface area contributed by atoms with Crippen molar-refractivity contribution < 1.29 is 13.7 Å². The molecule has 5 rings (SSSR count). The minimum absolute atomic E-state index is 0.198. The van der Waals surface area contributed by atoms with E-state index in [1.165, 1.54) is 0 Å². The third-order valence-electron chi connectivity index (χ3n) is 7.67. The minimum atomic E-state index is -0.870. The number of rotatable bonds is 5. The predicted octanol–water partition coefficient (Wildman–Crippen LogP) is 4.06. The number of amides is 2. The molecule has 1 aliphatic carbocycles. The summed E-state index contributed by atoms with van der Waals surface area (Å²) < 4.78 is 18.7. The summed E-state index contributed by atoms with van der Waals surface area (Å²) in [4.78, 5) is 28.4. The van der Waals surface area contributed by atoms with Gasteiger partial charge in [-0.05, 0) is 39.2 Å². The van der Waals surface area contributed by atoms with Gasteiger partial charge in [0.2, 0.25) is 5.89 Å². The van der Waals surface area contributed by atoms with Crippen molar-refractivity contribution >= 4 is 29.0 Å². The molecule has 0 radical (unpaired) electrons. The van der Waals surface area contributed by atoms with E-state index in [1.807, 2.05) is 6.07 Å². The molecule has 3 aliphatic rings. The van der Waals surface area contributed by atoms with Crippen LogP contribution < -0.4 is 10.2 Å². The molecule has 3 fully saturated rings. The number of nitrogens with zero attached hydrogens (tertiary/aromatic N) is 6. The Balaban J connectivity index is 1.22. The van der Waals surface area contributed by atoms with Gasteiger partial charge in [-0.3, -0.25) is 4.90 Å². The highest BCUT2D eigenvalue weighted by molar-refractivity contribution is 6.33. The lowest BCUT2D eigenvalue weighted by molar-refractivity contribution is 0.169. The highest BCUT2D eigenvalue weighted by Gasteiger charge is 2.45. The molecule has 2 aliphatic heterocycles. The summed E-state index contributed by atoms with van der Waals surface area (Å²) in [6.45, 7) is 11.2. The van der Waals surface area contributed by atoms with Crippen LogP contribution in [0.4, 0.5) is 20.6 Å². The molecular formula is C24H33ClFN7O2. The van der Waals surface area contributed by atoms with E-state index in [0.29, 0.717) is 55.8 Å². The first-order valence-electron chi connectivity index (χ1n) is 12.4. The monoisotopic (exact) mass is 505 g/mol. The second kappa shape index (κ2) is 9.54. The fourth-order valence-corrected chi connectivity index (χ4v) is 5.15. The SMILES string of the molecule is CC(C)N1CCN(c2ccnc(Cl)c2NC(=O)N2CCC(C)(c3noc([C@@H]4C[C@@H]4F)n3)CC2)CC1. The zero-order valence-electron chi connectivity index (χ0n) is 20.5. The number of hydrogen-bond donors (Lipinski definition) is 1. The maximum Gasteiger partial charge on any atom is 0.321 e. The highest BCUT2D eigenvalue weighted by Crippen LogP contribution is 2.44. The summed E-state index contributed by atoms with van der Waals surface area (Å²) in [6, 6.07) is 2.22. The molecule has 2 saturated heterocycles. The molecule has 0 aromatic carbocycles. The van der Waals surface area contributed by atoms with Gasteiger partial charge < -0.3 is 19.6 Å². The first kappa shape index (κ1) is 24.2. The van der Waals surface area contributed by atoms with Crippen molar-refractivity contribution in [3.05, 3.63) is 29.1 Å². The van der Waals surface area contributed by atoms with Crippen LogP contribution in [0.5, 0.6) is 0 Å². The lowest BCUT2D eigenvalue weighted by Gasteiger charge is -2.39. The molecule has 2 aromatic heterocycles. The molecule has 35 heavy (non-hydrogen) atoms. The van der Waals surface area contributed by atoms with Crippen LogP contribution in [-0.2, 0) is 5.41 Å². The first-order chi connectivity index (χ1) is 16.7. The molecule has 1 N–H and O–H groups in total. The maximum atomic E-state index is 13.4. The van der Waals surface area contributed by atoms with E-state index in [0.717, 1.165) is 31.9 Å². The average molecular weight is 506 g/mol. The fraction of sp³-hybridized carbons (Fsp3) is 0.667. The van der Waals surface area contributed by atoms with Crippen LogP contribution in [0.15, 0.2) is 16.8 Å². The molecule has 2 amide bonds. The molecule has 1 saturated carbocycles. The summed E-state index contributed by atoms with van der Waals surface area (Å²) in [5, 5.41) is 7.44. The second-order valence-electron chi connectivity index (χ2n) is 10.4. The molecule has 4 heterocycles. The van der Waals surface area contributed by atoms with Gasteiger partial charge in [-0.15, -0.1) is 0 Å². The number of hydrogen-bond acceptors (Lipinski definition) is 7. The van der Waals surface area contributed by atoms with Crippen molar-refractivity contribution in [1.29, 1.82) is 0 Å². The van der Waals surface area contributed by atoms with Gasteiger partial charge >= 0.3 is 6.03 Å². The third-order valence-corrected chi connectivity index (χ3v) is 7.95. The number of alkyl halides is 1. The molecule has 2 aromatic rings. The Morgan fingerprint density at radius 3 is 2.54 bits per heavy atom. The normalized spacial score (nSPS) is 24.6. The van der Waals surface area contributed by atoms with E-state index in [2.05, 4.69) is 51.0 Å². The summed E-state index contributed by atoms with van der Waals surface area (Å²) in [6.07, 6.45) is 2.64. The second-order valence-corrected chi connectivity index (χ2v) is 10.8. The third kappa shape index (κ3) is 4.95. The van der Waals surface area contributed by atoms with Gasteiger partial charge in [0, 0.05) is 56.9 Å².